The third kappa shape index (κ3) is 3.72. The number of aromatic hydroxyl groups is 1. The third-order valence-corrected chi connectivity index (χ3v) is 9.10. The molecule has 2 heterocycles. The number of ketones is 2. The van der Waals surface area contributed by atoms with Crippen molar-refractivity contribution in [3.05, 3.63) is 106 Å². The van der Waals surface area contributed by atoms with Gasteiger partial charge in [-0.2, -0.15) is 0 Å². The summed E-state index contributed by atoms with van der Waals surface area (Å²) in [4.78, 5) is 55.9. The number of Topliss-reactive ketones (excluding diaryl/α,β-unsaturated/α-hetero) is 1. The molecule has 1 saturated heterocycles. The van der Waals surface area contributed by atoms with E-state index in [1.165, 1.54) is 11.0 Å². The predicted molar refractivity (Wildman–Crippen MR) is 152 cm³/mol. The minimum Gasteiger partial charge on any atom is -0.508 e. The Morgan fingerprint density at radius 1 is 1.02 bits per heavy atom. The smallest absolute Gasteiger partial charge is 0.238 e. The normalized spacial score (nSPS) is 26.8. The van der Waals surface area contributed by atoms with Crippen molar-refractivity contribution in [3.8, 4) is 11.5 Å². The molecule has 7 nitrogen and oxygen atoms in total. The molecule has 0 spiro atoms. The Balaban J connectivity index is 1.32. The first kappa shape index (κ1) is 25.2. The van der Waals surface area contributed by atoms with Crippen LogP contribution in [-0.2, 0) is 25.6 Å². The van der Waals surface area contributed by atoms with Crippen LogP contribution >= 0.6 is 0 Å². The Bertz CT molecular complexity index is 1720. The highest BCUT2D eigenvalue weighted by Gasteiger charge is 2.57. The molecule has 41 heavy (non-hydrogen) atoms. The van der Waals surface area contributed by atoms with Gasteiger partial charge < -0.3 is 9.84 Å². The van der Waals surface area contributed by atoms with E-state index in [2.05, 4.69) is 6.58 Å². The van der Waals surface area contributed by atoms with Gasteiger partial charge in [0.2, 0.25) is 11.8 Å². The molecule has 2 aromatic rings. The van der Waals surface area contributed by atoms with Crippen molar-refractivity contribution in [2.75, 3.05) is 4.90 Å². The number of phenolic OH excluding ortho intramolecular Hbond substituents is 1. The van der Waals surface area contributed by atoms with Crippen molar-refractivity contribution in [1.29, 1.82) is 0 Å². The fourth-order valence-electron chi connectivity index (χ4n) is 7.18. The van der Waals surface area contributed by atoms with Gasteiger partial charge in [0.25, 0.3) is 0 Å². The van der Waals surface area contributed by atoms with E-state index in [0.717, 1.165) is 22.3 Å². The number of anilines is 1. The number of rotatable bonds is 3. The van der Waals surface area contributed by atoms with Crippen LogP contribution in [0.1, 0.15) is 30.9 Å². The lowest BCUT2D eigenvalue weighted by Crippen LogP contribution is -2.41. The van der Waals surface area contributed by atoms with E-state index >= 15 is 0 Å². The summed E-state index contributed by atoms with van der Waals surface area (Å²) in [6.07, 6.45) is 7.70. The van der Waals surface area contributed by atoms with Gasteiger partial charge >= 0.3 is 0 Å². The molecule has 5 aliphatic rings. The molecule has 3 aliphatic carbocycles. The molecule has 0 aromatic heterocycles. The maximum Gasteiger partial charge on any atom is 0.238 e. The van der Waals surface area contributed by atoms with E-state index in [1.807, 2.05) is 18.2 Å². The van der Waals surface area contributed by atoms with Crippen LogP contribution in [0.5, 0.6) is 11.5 Å². The summed E-state index contributed by atoms with van der Waals surface area (Å²) in [6, 6.07) is 12.0. The van der Waals surface area contributed by atoms with E-state index in [9.17, 15) is 24.3 Å². The minimum atomic E-state index is -0.644. The van der Waals surface area contributed by atoms with E-state index in [4.69, 9.17) is 4.74 Å². The molecule has 0 bridgehead atoms. The number of imide groups is 1. The molecular formula is C34H27NO6. The maximum absolute atomic E-state index is 14.0. The first-order valence-electron chi connectivity index (χ1n) is 13.7. The molecule has 4 unspecified atom stereocenters. The number of ether oxygens (including phenoxy) is 1. The number of nitrogens with zero attached hydrogens (tertiary/aromatic N) is 1. The molecule has 1 fully saturated rings. The molecule has 0 radical (unpaired) electrons. The molecule has 4 atom stereocenters. The monoisotopic (exact) mass is 545 g/mol. The zero-order valence-corrected chi connectivity index (χ0v) is 22.4. The summed E-state index contributed by atoms with van der Waals surface area (Å²) < 4.78 is 5.94. The number of hydrogen-bond donors (Lipinski definition) is 1. The lowest BCUT2D eigenvalue weighted by molar-refractivity contribution is -0.123. The second kappa shape index (κ2) is 9.13. The van der Waals surface area contributed by atoms with E-state index in [1.54, 1.807) is 49.6 Å². The average molecular weight is 546 g/mol. The Morgan fingerprint density at radius 2 is 1.80 bits per heavy atom. The van der Waals surface area contributed by atoms with Crippen molar-refractivity contribution in [1.82, 2.24) is 0 Å². The molecule has 2 amide bonds. The van der Waals surface area contributed by atoms with Gasteiger partial charge in [0, 0.05) is 34.6 Å². The summed E-state index contributed by atoms with van der Waals surface area (Å²) >= 11 is 0. The number of phenols is 1. The zero-order valence-electron chi connectivity index (χ0n) is 22.4. The van der Waals surface area contributed by atoms with Gasteiger partial charge in [0.05, 0.1) is 23.8 Å². The van der Waals surface area contributed by atoms with Gasteiger partial charge in [-0.15, -0.1) is 0 Å². The topological polar surface area (TPSA) is 101 Å². The standard InChI is InChI=1S/C34H27NO6/c1-3-18-4-6-21(7-5-18)35-33(39)24-10-9-23-25(30(24)34(35)40)15-26-27(37)12-17(2)32(38)31(26)29(23)20-13-19-14-22(36)8-11-28(19)41-16-20/h3-9,11-12,14,16,24-25,29-30,36H,1,10,13,15H2,2H3. The van der Waals surface area contributed by atoms with Crippen LogP contribution in [0, 0.1) is 23.7 Å². The van der Waals surface area contributed by atoms with Crippen molar-refractivity contribution in [2.45, 2.75) is 26.2 Å². The summed E-state index contributed by atoms with van der Waals surface area (Å²) in [5.41, 5.74) is 5.03. The lowest BCUT2D eigenvalue weighted by atomic mass is 9.58. The summed E-state index contributed by atoms with van der Waals surface area (Å²) in [5, 5.41) is 10.1. The van der Waals surface area contributed by atoms with Gasteiger partial charge in [-0.05, 0) is 73.2 Å². The predicted octanol–water partition coefficient (Wildman–Crippen LogP) is 5.02. The fourth-order valence-corrected chi connectivity index (χ4v) is 7.18. The third-order valence-electron chi connectivity index (χ3n) is 9.10. The molecule has 7 heteroatoms. The van der Waals surface area contributed by atoms with E-state index in [0.29, 0.717) is 41.0 Å². The number of carbonyl (C=O) groups is 4. The summed E-state index contributed by atoms with van der Waals surface area (Å²) in [7, 11) is 0. The van der Waals surface area contributed by atoms with Crippen molar-refractivity contribution in [2.24, 2.45) is 23.7 Å². The van der Waals surface area contributed by atoms with Crippen LogP contribution in [0.15, 0.2) is 95.3 Å². The van der Waals surface area contributed by atoms with Gasteiger partial charge in [-0.25, -0.2) is 0 Å². The number of allylic oxidation sites excluding steroid dienone is 7. The minimum absolute atomic E-state index is 0.105. The fraction of sp³-hybridized carbons (Fsp3) is 0.235. The van der Waals surface area contributed by atoms with Gasteiger partial charge in [0.15, 0.2) is 11.6 Å². The summed E-state index contributed by atoms with van der Waals surface area (Å²) in [5.74, 6) is -2.39. The maximum atomic E-state index is 14.0. The van der Waals surface area contributed by atoms with Gasteiger partial charge in [-0.3, -0.25) is 24.1 Å². The zero-order chi connectivity index (χ0) is 28.6. The molecule has 2 aliphatic heterocycles. The second-order valence-electron chi connectivity index (χ2n) is 11.3. The van der Waals surface area contributed by atoms with Gasteiger partial charge in [-0.1, -0.05) is 36.4 Å². The van der Waals surface area contributed by atoms with E-state index in [-0.39, 0.29) is 35.6 Å². The van der Waals surface area contributed by atoms with Crippen LogP contribution in [0.4, 0.5) is 5.69 Å². The van der Waals surface area contributed by atoms with Crippen LogP contribution in [-0.4, -0.2) is 28.5 Å². The van der Waals surface area contributed by atoms with Gasteiger partial charge in [0.1, 0.15) is 11.5 Å². The van der Waals surface area contributed by atoms with E-state index < -0.39 is 23.7 Å². The van der Waals surface area contributed by atoms with Crippen LogP contribution in [0.3, 0.4) is 0 Å². The number of fused-ring (bicyclic) bond motifs is 4. The second-order valence-corrected chi connectivity index (χ2v) is 11.3. The molecule has 0 saturated carbocycles. The molecule has 2 aromatic carbocycles. The molecule has 204 valence electrons. The number of carbonyl (C=O) groups excluding carboxylic acids is 4. The largest absolute Gasteiger partial charge is 0.508 e. The lowest BCUT2D eigenvalue weighted by Gasteiger charge is -2.43. The van der Waals surface area contributed by atoms with Crippen molar-refractivity contribution < 1.29 is 29.0 Å². The van der Waals surface area contributed by atoms with Crippen LogP contribution in [0.25, 0.3) is 6.08 Å². The van der Waals surface area contributed by atoms with Crippen molar-refractivity contribution in [3.63, 3.8) is 0 Å². The van der Waals surface area contributed by atoms with Crippen LogP contribution in [0.2, 0.25) is 0 Å². The quantitative estimate of drug-likeness (QED) is 0.330. The first-order valence-corrected chi connectivity index (χ1v) is 13.7. The number of amides is 2. The van der Waals surface area contributed by atoms with Crippen LogP contribution < -0.4 is 9.64 Å². The Kier molecular flexibility index (Phi) is 5.61. The highest BCUT2D eigenvalue weighted by Crippen LogP contribution is 2.55. The highest BCUT2D eigenvalue weighted by atomic mass is 16.5. The molecule has 7 rings (SSSR count). The number of hydrogen-bond acceptors (Lipinski definition) is 6. The molecular weight excluding hydrogens is 518 g/mol. The Labute approximate surface area is 236 Å². The highest BCUT2D eigenvalue weighted by molar-refractivity contribution is 6.24. The Morgan fingerprint density at radius 3 is 2.56 bits per heavy atom. The summed E-state index contributed by atoms with van der Waals surface area (Å²) in [6.45, 7) is 5.41. The Hall–Kier alpha value is -4.78. The average Bonchev–Trinajstić information content (AvgIpc) is 3.24. The first-order chi connectivity index (χ1) is 19.8. The SMILES string of the molecule is C=Cc1ccc(N2C(=O)C3CC=C4C(C5=COc6ccc(O)cc6C5)C5=C(CC4C3C2=O)C(=O)C=C(C)C5=O)cc1. The van der Waals surface area contributed by atoms with Crippen molar-refractivity contribution >= 4 is 35.1 Å². The molecule has 1 N–H and O–H groups in total. The number of benzene rings is 2.